The quantitative estimate of drug-likeness (QED) is 0.645. The lowest BCUT2D eigenvalue weighted by Gasteiger charge is -2.00. The molecule has 3 rings (SSSR count). The van der Waals surface area contributed by atoms with Gasteiger partial charge in [-0.15, -0.1) is 0 Å². The lowest BCUT2D eigenvalue weighted by atomic mass is 10.1. The number of nitrogens with one attached hydrogen (secondary N) is 1. The Kier molecular flexibility index (Phi) is 2.45. The number of nitrogens with two attached hydrogens (primary N) is 1. The van der Waals surface area contributed by atoms with Gasteiger partial charge in [-0.2, -0.15) is 0 Å². The van der Waals surface area contributed by atoms with E-state index in [-0.39, 0.29) is 11.8 Å². The van der Waals surface area contributed by atoms with Gasteiger partial charge in [-0.3, -0.25) is 0 Å². The largest absolute Gasteiger partial charge is 0.494 e. The standard InChI is InChI=1S/C12H9BrN4O/c13-6-1-2-8-7(5-6)10(11(18)16-8)9-3-4-15-12(14)17-9/h1-5,16,18H,(H2,14,15,17). The van der Waals surface area contributed by atoms with Crippen molar-refractivity contribution in [1.82, 2.24) is 15.0 Å². The van der Waals surface area contributed by atoms with Crippen molar-refractivity contribution < 1.29 is 5.11 Å². The molecule has 0 spiro atoms. The maximum Gasteiger partial charge on any atom is 0.220 e. The lowest BCUT2D eigenvalue weighted by molar-refractivity contribution is 0.460. The lowest BCUT2D eigenvalue weighted by Crippen LogP contribution is -1.94. The maximum atomic E-state index is 10.00. The summed E-state index contributed by atoms with van der Waals surface area (Å²) in [5.74, 6) is 0.248. The molecule has 2 heterocycles. The fourth-order valence-electron chi connectivity index (χ4n) is 1.92. The van der Waals surface area contributed by atoms with Gasteiger partial charge in [-0.25, -0.2) is 9.97 Å². The SMILES string of the molecule is Nc1nccc(-c2c(O)[nH]c3ccc(Br)cc23)n1. The van der Waals surface area contributed by atoms with E-state index >= 15 is 0 Å². The molecule has 0 amide bonds. The van der Waals surface area contributed by atoms with E-state index in [1.54, 1.807) is 12.3 Å². The van der Waals surface area contributed by atoms with Gasteiger partial charge in [-0.1, -0.05) is 15.9 Å². The van der Waals surface area contributed by atoms with Crippen LogP contribution in [-0.2, 0) is 0 Å². The maximum absolute atomic E-state index is 10.00. The first-order chi connectivity index (χ1) is 8.65. The molecule has 4 N–H and O–H groups in total. The Morgan fingerprint density at radius 2 is 2.11 bits per heavy atom. The Morgan fingerprint density at radius 1 is 1.28 bits per heavy atom. The van der Waals surface area contributed by atoms with Crippen molar-refractivity contribution in [2.75, 3.05) is 5.73 Å². The highest BCUT2D eigenvalue weighted by Crippen LogP contribution is 2.36. The van der Waals surface area contributed by atoms with Gasteiger partial charge < -0.3 is 15.8 Å². The smallest absolute Gasteiger partial charge is 0.220 e. The van der Waals surface area contributed by atoms with E-state index in [1.807, 2.05) is 18.2 Å². The second kappa shape index (κ2) is 3.99. The van der Waals surface area contributed by atoms with Crippen LogP contribution in [0, 0.1) is 0 Å². The molecule has 6 heteroatoms. The molecule has 0 aliphatic heterocycles. The number of anilines is 1. The van der Waals surface area contributed by atoms with E-state index in [0.29, 0.717) is 11.3 Å². The van der Waals surface area contributed by atoms with Gasteiger partial charge in [0.15, 0.2) is 5.88 Å². The number of aromatic hydroxyl groups is 1. The van der Waals surface area contributed by atoms with Crippen LogP contribution in [0.25, 0.3) is 22.2 Å². The van der Waals surface area contributed by atoms with Crippen molar-refractivity contribution >= 4 is 32.8 Å². The molecular weight excluding hydrogens is 296 g/mol. The molecule has 18 heavy (non-hydrogen) atoms. The Morgan fingerprint density at radius 3 is 2.89 bits per heavy atom. The van der Waals surface area contributed by atoms with E-state index in [9.17, 15) is 5.11 Å². The number of benzene rings is 1. The molecule has 5 nitrogen and oxygen atoms in total. The first-order valence-corrected chi connectivity index (χ1v) is 6.03. The highest BCUT2D eigenvalue weighted by atomic mass is 79.9. The van der Waals surface area contributed by atoms with E-state index in [1.165, 1.54) is 0 Å². The third-order valence-corrected chi connectivity index (χ3v) is 3.16. The normalized spacial score (nSPS) is 10.9. The molecular formula is C12H9BrN4O. The van der Waals surface area contributed by atoms with E-state index < -0.39 is 0 Å². The van der Waals surface area contributed by atoms with Crippen LogP contribution in [0.3, 0.4) is 0 Å². The molecule has 0 saturated carbocycles. The van der Waals surface area contributed by atoms with Crippen LogP contribution in [-0.4, -0.2) is 20.1 Å². The van der Waals surface area contributed by atoms with E-state index in [2.05, 4.69) is 30.9 Å². The summed E-state index contributed by atoms with van der Waals surface area (Å²) < 4.78 is 0.928. The zero-order valence-electron chi connectivity index (χ0n) is 9.18. The average molecular weight is 305 g/mol. The highest BCUT2D eigenvalue weighted by molar-refractivity contribution is 9.10. The Labute approximate surface area is 111 Å². The number of aromatic nitrogens is 3. The summed E-state index contributed by atoms with van der Waals surface area (Å²) in [6.45, 7) is 0. The molecule has 0 unspecified atom stereocenters. The van der Waals surface area contributed by atoms with Gasteiger partial charge in [0.05, 0.1) is 11.3 Å². The van der Waals surface area contributed by atoms with E-state index in [0.717, 1.165) is 15.4 Å². The van der Waals surface area contributed by atoms with Crippen LogP contribution in [0.1, 0.15) is 0 Å². The molecule has 0 bridgehead atoms. The number of aromatic amines is 1. The molecule has 0 aliphatic carbocycles. The van der Waals surface area contributed by atoms with Gasteiger partial charge in [0.2, 0.25) is 5.95 Å². The van der Waals surface area contributed by atoms with Crippen LogP contribution < -0.4 is 5.73 Å². The third-order valence-electron chi connectivity index (χ3n) is 2.67. The van der Waals surface area contributed by atoms with Crippen molar-refractivity contribution in [1.29, 1.82) is 0 Å². The van der Waals surface area contributed by atoms with Crippen LogP contribution >= 0.6 is 15.9 Å². The fraction of sp³-hybridized carbons (Fsp3) is 0. The van der Waals surface area contributed by atoms with Gasteiger partial charge in [0.25, 0.3) is 0 Å². The summed E-state index contributed by atoms with van der Waals surface area (Å²) in [7, 11) is 0. The summed E-state index contributed by atoms with van der Waals surface area (Å²) in [6.07, 6.45) is 1.56. The minimum atomic E-state index is 0.0706. The fourth-order valence-corrected chi connectivity index (χ4v) is 2.28. The topological polar surface area (TPSA) is 87.8 Å². The van der Waals surface area contributed by atoms with Gasteiger partial charge in [0, 0.05) is 21.6 Å². The molecule has 0 saturated heterocycles. The minimum Gasteiger partial charge on any atom is -0.494 e. The number of H-pyrrole nitrogens is 1. The van der Waals surface area contributed by atoms with Gasteiger partial charge >= 0.3 is 0 Å². The van der Waals surface area contributed by atoms with Crippen LogP contribution in [0.15, 0.2) is 34.9 Å². The highest BCUT2D eigenvalue weighted by Gasteiger charge is 2.14. The number of rotatable bonds is 1. The van der Waals surface area contributed by atoms with Crippen molar-refractivity contribution in [3.8, 4) is 17.1 Å². The predicted octanol–water partition coefficient (Wildman–Crippen LogP) is 2.68. The number of halogens is 1. The summed E-state index contributed by atoms with van der Waals surface area (Å²) >= 11 is 3.41. The molecule has 90 valence electrons. The first-order valence-electron chi connectivity index (χ1n) is 5.24. The Bertz CT molecular complexity index is 738. The zero-order valence-corrected chi connectivity index (χ0v) is 10.8. The van der Waals surface area contributed by atoms with Crippen LogP contribution in [0.5, 0.6) is 5.88 Å². The molecule has 0 aliphatic rings. The molecule has 0 radical (unpaired) electrons. The third kappa shape index (κ3) is 1.70. The average Bonchev–Trinajstić information content (AvgIpc) is 2.64. The van der Waals surface area contributed by atoms with Crippen molar-refractivity contribution in [2.24, 2.45) is 0 Å². The van der Waals surface area contributed by atoms with Crippen molar-refractivity contribution in [3.63, 3.8) is 0 Å². The molecule has 0 fully saturated rings. The molecule has 3 aromatic rings. The van der Waals surface area contributed by atoms with Gasteiger partial charge in [0.1, 0.15) is 0 Å². The monoisotopic (exact) mass is 304 g/mol. The second-order valence-corrected chi connectivity index (χ2v) is 4.75. The van der Waals surface area contributed by atoms with Crippen molar-refractivity contribution in [3.05, 3.63) is 34.9 Å². The molecule has 1 aromatic carbocycles. The number of hydrogen-bond acceptors (Lipinski definition) is 4. The molecule has 2 aromatic heterocycles. The van der Waals surface area contributed by atoms with Crippen LogP contribution in [0.4, 0.5) is 5.95 Å². The first kappa shape index (κ1) is 11.0. The Hall–Kier alpha value is -2.08. The summed E-state index contributed by atoms with van der Waals surface area (Å²) in [4.78, 5) is 10.9. The number of hydrogen-bond donors (Lipinski definition) is 3. The number of fused-ring (bicyclic) bond motifs is 1. The summed E-state index contributed by atoms with van der Waals surface area (Å²) in [5, 5.41) is 10.9. The van der Waals surface area contributed by atoms with E-state index in [4.69, 9.17) is 5.73 Å². The second-order valence-electron chi connectivity index (χ2n) is 3.84. The molecule has 0 atom stereocenters. The van der Waals surface area contributed by atoms with Crippen molar-refractivity contribution in [2.45, 2.75) is 0 Å². The number of nitrogen functional groups attached to an aromatic ring is 1. The zero-order chi connectivity index (χ0) is 12.7. The summed E-state index contributed by atoms with van der Waals surface area (Å²) in [6, 6.07) is 7.41. The minimum absolute atomic E-state index is 0.0706. The van der Waals surface area contributed by atoms with Gasteiger partial charge in [-0.05, 0) is 24.3 Å². The summed E-state index contributed by atoms with van der Waals surface area (Å²) in [5.41, 5.74) is 7.61. The number of nitrogens with zero attached hydrogens (tertiary/aromatic N) is 2. The predicted molar refractivity (Wildman–Crippen MR) is 73.1 cm³/mol. The Balaban J connectivity index is 2.34. The van der Waals surface area contributed by atoms with Crippen LogP contribution in [0.2, 0.25) is 0 Å².